The number of aromatic amines is 1. The van der Waals surface area contributed by atoms with E-state index in [-0.39, 0.29) is 23.7 Å². The van der Waals surface area contributed by atoms with E-state index in [2.05, 4.69) is 9.97 Å². The minimum Gasteiger partial charge on any atom is -0.477 e. The highest BCUT2D eigenvalue weighted by molar-refractivity contribution is 6.37. The molecule has 0 radical (unpaired) electrons. The van der Waals surface area contributed by atoms with Gasteiger partial charge in [-0.25, -0.2) is 14.6 Å². The predicted octanol–water partition coefficient (Wildman–Crippen LogP) is 2.04. The zero-order valence-electron chi connectivity index (χ0n) is 14.8. The minimum atomic E-state index is -1.43. The molecule has 1 heterocycles. The smallest absolute Gasteiger partial charge is 0.371 e. The largest absolute Gasteiger partial charge is 0.477 e. The fourth-order valence-corrected chi connectivity index (χ4v) is 2.94. The number of hydrogen-bond acceptors (Lipinski definition) is 6. The van der Waals surface area contributed by atoms with Crippen molar-refractivity contribution in [3.63, 3.8) is 0 Å². The zero-order valence-corrected chi connectivity index (χ0v) is 14.8. The van der Waals surface area contributed by atoms with E-state index in [0.29, 0.717) is 24.2 Å². The third kappa shape index (κ3) is 3.54. The summed E-state index contributed by atoms with van der Waals surface area (Å²) in [4.78, 5) is 52.6. The number of carboxylic acid groups (broad SMARTS) is 2. The van der Waals surface area contributed by atoms with Crippen LogP contribution in [0.5, 0.6) is 0 Å². The molecule has 0 saturated heterocycles. The normalized spacial score (nSPS) is 12.5. The maximum absolute atomic E-state index is 12.7. The lowest BCUT2D eigenvalue weighted by molar-refractivity contribution is -0.143. The summed E-state index contributed by atoms with van der Waals surface area (Å²) in [6.07, 6.45) is 2.09. The molecule has 0 atom stereocenters. The molecule has 0 amide bonds. The van der Waals surface area contributed by atoms with Crippen LogP contribution in [0.2, 0.25) is 0 Å². The molecule has 28 heavy (non-hydrogen) atoms. The summed E-state index contributed by atoms with van der Waals surface area (Å²) in [5.41, 5.74) is 1.03. The van der Waals surface area contributed by atoms with E-state index in [1.54, 1.807) is 25.1 Å². The number of fused-ring (bicyclic) bond motifs is 1. The number of H-pyrrole nitrogens is 1. The lowest BCUT2D eigenvalue weighted by Gasteiger charge is -2.04. The number of ketones is 1. The number of hydrogen-bond donors (Lipinski definition) is 3. The van der Waals surface area contributed by atoms with Gasteiger partial charge in [-0.3, -0.25) is 9.59 Å². The third-order valence-electron chi connectivity index (χ3n) is 4.20. The molecule has 0 saturated carbocycles. The number of imidazole rings is 1. The van der Waals surface area contributed by atoms with Gasteiger partial charge in [0, 0.05) is 12.0 Å². The van der Waals surface area contributed by atoms with Crippen molar-refractivity contribution < 1.29 is 34.1 Å². The van der Waals surface area contributed by atoms with Crippen LogP contribution in [0.25, 0.3) is 11.6 Å². The van der Waals surface area contributed by atoms with E-state index < -0.39 is 29.2 Å². The Labute approximate surface area is 158 Å². The monoisotopic (exact) mass is 384 g/mol. The number of aryl methyl sites for hydroxylation is 1. The molecule has 9 nitrogen and oxygen atoms in total. The summed E-state index contributed by atoms with van der Waals surface area (Å²) in [5.74, 6) is -4.18. The number of carboxylic acids is 2. The van der Waals surface area contributed by atoms with E-state index in [0.717, 1.165) is 5.56 Å². The second-order valence-electron chi connectivity index (χ2n) is 6.03. The van der Waals surface area contributed by atoms with Crippen LogP contribution in [-0.2, 0) is 16.0 Å². The van der Waals surface area contributed by atoms with Crippen LogP contribution in [0.4, 0.5) is 0 Å². The Bertz CT molecular complexity index is 1030. The number of nitrogens with one attached hydrogen (secondary N) is 1. The average Bonchev–Trinajstić information content (AvgIpc) is 3.22. The Morgan fingerprint density at radius 2 is 1.93 bits per heavy atom. The minimum absolute atomic E-state index is 0.00121. The lowest BCUT2D eigenvalue weighted by Crippen LogP contribution is -2.06. The average molecular weight is 384 g/mol. The maximum atomic E-state index is 12.7. The van der Waals surface area contributed by atoms with Crippen LogP contribution in [-0.4, -0.2) is 50.5 Å². The summed E-state index contributed by atoms with van der Waals surface area (Å²) in [7, 11) is 0. The zero-order chi connectivity index (χ0) is 20.4. The first-order valence-electron chi connectivity index (χ1n) is 8.43. The SMILES string of the molecule is CCOC(=O)CCc1ccc2c(c1)C=C(c1nc(C(=O)O)[nH]c1C(=O)O)C2=O. The van der Waals surface area contributed by atoms with Gasteiger partial charge in [0.15, 0.2) is 11.5 Å². The van der Waals surface area contributed by atoms with Crippen molar-refractivity contribution in [3.05, 3.63) is 52.1 Å². The molecule has 0 bridgehead atoms. The first-order valence-corrected chi connectivity index (χ1v) is 8.43. The highest BCUT2D eigenvalue weighted by atomic mass is 16.5. The molecular formula is C19H16N2O7. The summed E-state index contributed by atoms with van der Waals surface area (Å²) >= 11 is 0. The Morgan fingerprint density at radius 1 is 1.18 bits per heavy atom. The van der Waals surface area contributed by atoms with Crippen molar-refractivity contribution in [1.82, 2.24) is 9.97 Å². The number of carbonyl (C=O) groups excluding carboxylic acids is 2. The van der Waals surface area contributed by atoms with Gasteiger partial charge in [-0.1, -0.05) is 18.2 Å². The van der Waals surface area contributed by atoms with Crippen LogP contribution in [0.3, 0.4) is 0 Å². The molecule has 0 unspecified atom stereocenters. The van der Waals surface area contributed by atoms with Crippen molar-refractivity contribution >= 4 is 35.3 Å². The van der Waals surface area contributed by atoms with Crippen LogP contribution in [0, 0.1) is 0 Å². The molecule has 1 aromatic carbocycles. The number of benzene rings is 1. The van der Waals surface area contributed by atoms with Crippen molar-refractivity contribution in [3.8, 4) is 0 Å². The summed E-state index contributed by atoms with van der Waals surface area (Å²) in [6.45, 7) is 2.03. The summed E-state index contributed by atoms with van der Waals surface area (Å²) < 4.78 is 4.89. The van der Waals surface area contributed by atoms with E-state index in [1.807, 2.05) is 0 Å². The van der Waals surface area contributed by atoms with Crippen LogP contribution in [0.1, 0.15) is 61.6 Å². The fourth-order valence-electron chi connectivity index (χ4n) is 2.94. The van der Waals surface area contributed by atoms with Crippen LogP contribution >= 0.6 is 0 Å². The molecular weight excluding hydrogens is 368 g/mol. The summed E-state index contributed by atoms with van der Waals surface area (Å²) in [5, 5.41) is 18.3. The molecule has 9 heteroatoms. The van der Waals surface area contributed by atoms with Crippen molar-refractivity contribution in [1.29, 1.82) is 0 Å². The lowest BCUT2D eigenvalue weighted by atomic mass is 10.0. The van der Waals surface area contributed by atoms with Gasteiger partial charge in [0.25, 0.3) is 0 Å². The van der Waals surface area contributed by atoms with E-state index in [4.69, 9.17) is 9.84 Å². The Kier molecular flexibility index (Phi) is 5.08. The molecule has 1 aliphatic rings. The molecule has 3 rings (SSSR count). The van der Waals surface area contributed by atoms with Gasteiger partial charge in [0.05, 0.1) is 12.2 Å². The Balaban J connectivity index is 1.92. The van der Waals surface area contributed by atoms with Crippen LogP contribution in [0.15, 0.2) is 18.2 Å². The number of aromatic carboxylic acids is 2. The third-order valence-corrected chi connectivity index (χ3v) is 4.20. The first kappa shape index (κ1) is 19.0. The standard InChI is InChI=1S/C19H16N2O7/c1-2-28-13(22)6-4-9-3-5-11-10(7-9)8-12(16(11)23)14-15(18(24)25)21-17(20-14)19(26)27/h3,5,7-8H,2,4,6H2,1H3,(H,20,21)(H,24,25)(H,26,27). The fraction of sp³-hybridized carbons (Fsp3) is 0.211. The Hall–Kier alpha value is -3.75. The molecule has 1 aliphatic carbocycles. The van der Waals surface area contributed by atoms with Crippen molar-refractivity contribution in [2.75, 3.05) is 6.61 Å². The van der Waals surface area contributed by atoms with Gasteiger partial charge in [-0.15, -0.1) is 0 Å². The second-order valence-corrected chi connectivity index (χ2v) is 6.03. The number of ether oxygens (including phenoxy) is 1. The van der Waals surface area contributed by atoms with E-state index >= 15 is 0 Å². The maximum Gasteiger partial charge on any atom is 0.371 e. The predicted molar refractivity (Wildman–Crippen MR) is 96.1 cm³/mol. The number of aromatic nitrogens is 2. The van der Waals surface area contributed by atoms with Gasteiger partial charge < -0.3 is 19.9 Å². The summed E-state index contributed by atoms with van der Waals surface area (Å²) in [6, 6.07) is 5.02. The Morgan fingerprint density at radius 3 is 2.57 bits per heavy atom. The second kappa shape index (κ2) is 7.47. The molecule has 0 spiro atoms. The van der Waals surface area contributed by atoms with Gasteiger partial charge in [0.2, 0.25) is 5.82 Å². The number of allylic oxidation sites excluding steroid dienone is 1. The van der Waals surface area contributed by atoms with E-state index in [9.17, 15) is 24.3 Å². The van der Waals surface area contributed by atoms with E-state index in [1.165, 1.54) is 6.08 Å². The van der Waals surface area contributed by atoms with Crippen molar-refractivity contribution in [2.45, 2.75) is 19.8 Å². The molecule has 2 aromatic rings. The highest BCUT2D eigenvalue weighted by Crippen LogP contribution is 2.33. The number of carbonyl (C=O) groups is 4. The van der Waals surface area contributed by atoms with Gasteiger partial charge >= 0.3 is 17.9 Å². The van der Waals surface area contributed by atoms with Crippen LogP contribution < -0.4 is 0 Å². The highest BCUT2D eigenvalue weighted by Gasteiger charge is 2.31. The first-order chi connectivity index (χ1) is 13.3. The number of nitrogens with zero attached hydrogens (tertiary/aromatic N) is 1. The van der Waals surface area contributed by atoms with Gasteiger partial charge in [0.1, 0.15) is 5.69 Å². The van der Waals surface area contributed by atoms with Crippen molar-refractivity contribution in [2.24, 2.45) is 0 Å². The number of Topliss-reactive ketones (excluding diaryl/α,β-unsaturated/α-hetero) is 1. The molecule has 0 fully saturated rings. The molecule has 0 aliphatic heterocycles. The van der Waals surface area contributed by atoms with Gasteiger partial charge in [-0.2, -0.15) is 0 Å². The quantitative estimate of drug-likeness (QED) is 0.615. The number of esters is 1. The molecule has 1 aromatic heterocycles. The number of rotatable bonds is 7. The molecule has 3 N–H and O–H groups in total. The van der Waals surface area contributed by atoms with Gasteiger partial charge in [-0.05, 0) is 30.5 Å². The molecule has 144 valence electrons. The topological polar surface area (TPSA) is 147 Å².